The van der Waals surface area contributed by atoms with E-state index in [0.717, 1.165) is 83.5 Å². The lowest BCUT2D eigenvalue weighted by Crippen LogP contribution is -2.46. The summed E-state index contributed by atoms with van der Waals surface area (Å²) >= 11 is 0. The summed E-state index contributed by atoms with van der Waals surface area (Å²) in [7, 11) is 0. The highest BCUT2D eigenvalue weighted by molar-refractivity contribution is 5.77. The molecule has 350 valence electrons. The number of amides is 1. The first kappa shape index (κ1) is 57.8. The van der Waals surface area contributed by atoms with Gasteiger partial charge in [-0.15, -0.1) is 0 Å². The second-order valence-electron chi connectivity index (χ2n) is 17.5. The molecular weight excluding hydrogens is 743 g/mol. The third-order valence-electron chi connectivity index (χ3n) is 11.7. The van der Waals surface area contributed by atoms with Crippen LogP contribution in [0.4, 0.5) is 0 Å². The van der Waals surface area contributed by atoms with Crippen LogP contribution < -0.4 is 5.32 Å². The van der Waals surface area contributed by atoms with Crippen molar-refractivity contribution in [2.24, 2.45) is 0 Å². The van der Waals surface area contributed by atoms with Crippen molar-refractivity contribution in [3.05, 3.63) is 48.6 Å². The summed E-state index contributed by atoms with van der Waals surface area (Å²) in [6.45, 7) is 6.37. The van der Waals surface area contributed by atoms with Crippen molar-refractivity contribution in [3.63, 3.8) is 0 Å². The number of carbonyl (C=O) groups is 2. The second kappa shape index (κ2) is 47.9. The zero-order chi connectivity index (χ0) is 43.8. The molecule has 60 heavy (non-hydrogen) atoms. The third kappa shape index (κ3) is 42.5. The van der Waals surface area contributed by atoms with Gasteiger partial charge in [0.1, 0.15) is 6.10 Å². The predicted molar refractivity (Wildman–Crippen MR) is 259 cm³/mol. The number of carbonyl (C=O) groups excluding carboxylic acids is 2. The van der Waals surface area contributed by atoms with Crippen LogP contribution in [0.5, 0.6) is 0 Å². The van der Waals surface area contributed by atoms with Gasteiger partial charge in [0.25, 0.3) is 0 Å². The van der Waals surface area contributed by atoms with E-state index in [-0.39, 0.29) is 24.9 Å². The molecule has 3 N–H and O–H groups in total. The monoisotopic (exact) mass is 842 g/mol. The second-order valence-corrected chi connectivity index (χ2v) is 17.5. The van der Waals surface area contributed by atoms with Crippen molar-refractivity contribution in [1.29, 1.82) is 0 Å². The molecule has 3 unspecified atom stereocenters. The molecule has 0 aliphatic heterocycles. The zero-order valence-electron chi connectivity index (χ0n) is 39.8. The Morgan fingerprint density at radius 3 is 1.35 bits per heavy atom. The molecule has 0 rings (SSSR count). The molecule has 0 saturated carbocycles. The molecule has 0 aliphatic carbocycles. The number of unbranched alkanes of at least 4 members (excludes halogenated alkanes) is 26. The van der Waals surface area contributed by atoms with Crippen LogP contribution in [0, 0.1) is 0 Å². The fourth-order valence-corrected chi connectivity index (χ4v) is 7.77. The largest absolute Gasteiger partial charge is 0.462 e. The summed E-state index contributed by atoms with van der Waals surface area (Å²) in [6, 6.07) is -0.706. The molecule has 0 aromatic heterocycles. The Morgan fingerprint density at radius 1 is 0.500 bits per heavy atom. The number of hydrogen-bond acceptors (Lipinski definition) is 5. The van der Waals surface area contributed by atoms with Crippen LogP contribution in [0.15, 0.2) is 48.6 Å². The van der Waals surface area contributed by atoms with Crippen LogP contribution in [-0.4, -0.2) is 46.9 Å². The van der Waals surface area contributed by atoms with Gasteiger partial charge in [-0.05, 0) is 64.2 Å². The minimum absolute atomic E-state index is 0.0670. The smallest absolute Gasteiger partial charge is 0.306 e. The maximum atomic E-state index is 13.2. The van der Waals surface area contributed by atoms with E-state index in [1.807, 2.05) is 0 Å². The highest BCUT2D eigenvalue weighted by Gasteiger charge is 2.24. The Morgan fingerprint density at radius 2 is 0.900 bits per heavy atom. The van der Waals surface area contributed by atoms with Gasteiger partial charge in [-0.2, -0.15) is 0 Å². The molecule has 0 aromatic rings. The van der Waals surface area contributed by atoms with Gasteiger partial charge in [0.15, 0.2) is 0 Å². The van der Waals surface area contributed by atoms with E-state index in [2.05, 4.69) is 74.7 Å². The molecule has 1 amide bonds. The highest BCUT2D eigenvalue weighted by atomic mass is 16.5. The van der Waals surface area contributed by atoms with Gasteiger partial charge in [0, 0.05) is 6.42 Å². The molecule has 0 saturated heterocycles. The Balaban J connectivity index is 4.59. The number of hydrogen-bond donors (Lipinski definition) is 3. The number of esters is 1. The number of nitrogens with one attached hydrogen (secondary N) is 1. The summed E-state index contributed by atoms with van der Waals surface area (Å²) in [4.78, 5) is 26.1. The van der Waals surface area contributed by atoms with Crippen molar-refractivity contribution < 1.29 is 24.5 Å². The normalized spacial score (nSPS) is 13.6. The molecule has 0 fully saturated rings. The lowest BCUT2D eigenvalue weighted by molar-refractivity contribution is -0.151. The Bertz CT molecular complexity index is 1040. The van der Waals surface area contributed by atoms with Crippen LogP contribution in [0.3, 0.4) is 0 Å². The number of aliphatic hydroxyl groups excluding tert-OH is 2. The van der Waals surface area contributed by atoms with Gasteiger partial charge in [-0.1, -0.05) is 230 Å². The van der Waals surface area contributed by atoms with Gasteiger partial charge in [0.2, 0.25) is 5.91 Å². The van der Waals surface area contributed by atoms with Gasteiger partial charge < -0.3 is 20.3 Å². The summed E-state index contributed by atoms with van der Waals surface area (Å²) in [5.74, 6) is -0.503. The van der Waals surface area contributed by atoms with Gasteiger partial charge in [-0.25, -0.2) is 0 Å². The molecular formula is C54H99NO5. The summed E-state index contributed by atoms with van der Waals surface area (Å²) in [5.41, 5.74) is 0. The SMILES string of the molecule is CC/C=C/C/C=C/C/C=C/C/C=C/CCCCCC(=O)OC(CCCCCCCCCCCCCC)CC(=O)NC(CO)C(O)CCCCCCCCCCCCCCC. The minimum Gasteiger partial charge on any atom is -0.462 e. The molecule has 6 nitrogen and oxygen atoms in total. The molecule has 0 aromatic carbocycles. The van der Waals surface area contributed by atoms with E-state index < -0.39 is 18.2 Å². The predicted octanol–water partition coefficient (Wildman–Crippen LogP) is 15.5. The standard InChI is InChI=1S/C54H99NO5/c1-4-7-10-13-16-19-22-25-26-27-29-32-35-38-41-44-47-54(59)60-50(45-42-39-36-33-30-24-21-18-15-12-9-6-3)48-53(58)55-51(49-56)52(57)46-43-40-37-34-31-28-23-20-17-14-11-8-5-2/h7,10,16,19,25-26,29,32,50-52,56-57H,4-6,8-9,11-15,17-18,20-24,27-28,30-31,33-49H2,1-3H3,(H,55,58)/b10-7+,19-16+,26-25+,32-29+. The van der Waals surface area contributed by atoms with Crippen molar-refractivity contribution in [2.45, 2.75) is 277 Å². The molecule has 0 heterocycles. The van der Waals surface area contributed by atoms with E-state index in [4.69, 9.17) is 4.74 Å². The minimum atomic E-state index is -0.791. The van der Waals surface area contributed by atoms with Gasteiger partial charge in [-0.3, -0.25) is 9.59 Å². The topological polar surface area (TPSA) is 95.9 Å². The lowest BCUT2D eigenvalue weighted by Gasteiger charge is -2.24. The van der Waals surface area contributed by atoms with Crippen LogP contribution in [0.2, 0.25) is 0 Å². The third-order valence-corrected chi connectivity index (χ3v) is 11.7. The Hall–Kier alpha value is -2.18. The maximum absolute atomic E-state index is 13.2. The number of rotatable bonds is 46. The molecule has 6 heteroatoms. The van der Waals surface area contributed by atoms with Crippen LogP contribution in [0.25, 0.3) is 0 Å². The average Bonchev–Trinajstić information content (AvgIpc) is 3.24. The quantitative estimate of drug-likeness (QED) is 0.0322. The van der Waals surface area contributed by atoms with E-state index in [1.54, 1.807) is 0 Å². The number of aliphatic hydroxyl groups is 2. The van der Waals surface area contributed by atoms with E-state index in [9.17, 15) is 19.8 Å². The molecule has 0 aliphatic rings. The molecule has 0 spiro atoms. The lowest BCUT2D eigenvalue weighted by atomic mass is 10.0. The summed E-state index contributed by atoms with van der Waals surface area (Å²) in [5, 5.41) is 23.8. The van der Waals surface area contributed by atoms with Gasteiger partial charge in [0.05, 0.1) is 25.2 Å². The fraction of sp³-hybridized carbons (Fsp3) is 0.815. The molecule has 3 atom stereocenters. The first-order valence-electron chi connectivity index (χ1n) is 25.9. The molecule has 0 radical (unpaired) electrons. The van der Waals surface area contributed by atoms with Crippen LogP contribution in [0.1, 0.15) is 258 Å². The van der Waals surface area contributed by atoms with Crippen molar-refractivity contribution in [2.75, 3.05) is 6.61 Å². The van der Waals surface area contributed by atoms with Crippen molar-refractivity contribution in [1.82, 2.24) is 5.32 Å². The average molecular weight is 842 g/mol. The Kier molecular flexibility index (Phi) is 46.1. The van der Waals surface area contributed by atoms with Crippen molar-refractivity contribution >= 4 is 11.9 Å². The molecule has 0 bridgehead atoms. The van der Waals surface area contributed by atoms with Crippen molar-refractivity contribution in [3.8, 4) is 0 Å². The first-order chi connectivity index (χ1) is 29.5. The number of allylic oxidation sites excluding steroid dienone is 8. The zero-order valence-corrected chi connectivity index (χ0v) is 39.8. The van der Waals surface area contributed by atoms with Crippen LogP contribution >= 0.6 is 0 Å². The fourth-order valence-electron chi connectivity index (χ4n) is 7.77. The van der Waals surface area contributed by atoms with E-state index >= 15 is 0 Å². The first-order valence-corrected chi connectivity index (χ1v) is 25.9. The Labute approximate surface area is 372 Å². The van der Waals surface area contributed by atoms with E-state index in [0.29, 0.717) is 19.3 Å². The number of ether oxygens (including phenoxy) is 1. The van der Waals surface area contributed by atoms with E-state index in [1.165, 1.54) is 128 Å². The van der Waals surface area contributed by atoms with Crippen LogP contribution in [-0.2, 0) is 14.3 Å². The maximum Gasteiger partial charge on any atom is 0.306 e. The van der Waals surface area contributed by atoms with Gasteiger partial charge >= 0.3 is 5.97 Å². The summed E-state index contributed by atoms with van der Waals surface area (Å²) in [6.07, 6.45) is 57.4. The highest BCUT2D eigenvalue weighted by Crippen LogP contribution is 2.18. The summed E-state index contributed by atoms with van der Waals surface area (Å²) < 4.78 is 5.92.